The maximum Gasteiger partial charge on any atom is 0.217 e. The Kier molecular flexibility index (Phi) is 4.09. The van der Waals surface area contributed by atoms with Gasteiger partial charge >= 0.3 is 0 Å². The van der Waals surface area contributed by atoms with E-state index >= 15 is 0 Å². The quantitative estimate of drug-likeness (QED) is 0.758. The minimum absolute atomic E-state index is 0.291. The molecule has 0 aliphatic heterocycles. The summed E-state index contributed by atoms with van der Waals surface area (Å²) in [6.45, 7) is 1.02. The third-order valence-electron chi connectivity index (χ3n) is 2.94. The monoisotopic (exact) mass is 260 g/mol. The smallest absolute Gasteiger partial charge is 0.217 e. The van der Waals surface area contributed by atoms with Gasteiger partial charge in [0.1, 0.15) is 6.10 Å². The molecule has 100 valence electrons. The summed E-state index contributed by atoms with van der Waals surface area (Å²) >= 11 is 0. The van der Waals surface area contributed by atoms with Crippen molar-refractivity contribution in [3.63, 3.8) is 0 Å². The SMILES string of the molecule is CC(=O)N[C@@H](CO)[C@H](O)c1ccc2ncccc2c1. The first kappa shape index (κ1) is 13.5. The van der Waals surface area contributed by atoms with Crippen LogP contribution in [0, 0.1) is 0 Å². The summed E-state index contributed by atoms with van der Waals surface area (Å²) in [5.41, 5.74) is 1.46. The lowest BCUT2D eigenvalue weighted by atomic mass is 10.0. The van der Waals surface area contributed by atoms with Crippen molar-refractivity contribution in [2.24, 2.45) is 0 Å². The predicted molar refractivity (Wildman–Crippen MR) is 71.4 cm³/mol. The van der Waals surface area contributed by atoms with Crippen LogP contribution in [0.15, 0.2) is 36.5 Å². The number of carbonyl (C=O) groups is 1. The lowest BCUT2D eigenvalue weighted by molar-refractivity contribution is -0.121. The number of aliphatic hydroxyl groups excluding tert-OH is 2. The number of hydrogen-bond acceptors (Lipinski definition) is 4. The molecule has 0 aliphatic carbocycles. The van der Waals surface area contributed by atoms with Gasteiger partial charge in [0.05, 0.1) is 18.2 Å². The lowest BCUT2D eigenvalue weighted by Crippen LogP contribution is -2.40. The second-order valence-electron chi connectivity index (χ2n) is 4.39. The number of nitrogens with zero attached hydrogens (tertiary/aromatic N) is 1. The van der Waals surface area contributed by atoms with E-state index in [4.69, 9.17) is 0 Å². The molecule has 0 bridgehead atoms. The number of amides is 1. The Labute approximate surface area is 110 Å². The van der Waals surface area contributed by atoms with E-state index in [0.717, 1.165) is 10.9 Å². The van der Waals surface area contributed by atoms with E-state index in [1.54, 1.807) is 24.4 Å². The maximum atomic E-state index is 11.0. The highest BCUT2D eigenvalue weighted by molar-refractivity contribution is 5.79. The number of aliphatic hydroxyl groups is 2. The average molecular weight is 260 g/mol. The Bertz CT molecular complexity index is 586. The minimum atomic E-state index is -0.960. The summed E-state index contributed by atoms with van der Waals surface area (Å²) in [7, 11) is 0. The summed E-state index contributed by atoms with van der Waals surface area (Å²) in [4.78, 5) is 15.2. The standard InChI is InChI=1S/C14H16N2O3/c1-9(18)16-13(8-17)14(19)11-4-5-12-10(7-11)3-2-6-15-12/h2-7,13-14,17,19H,8H2,1H3,(H,16,18)/t13-,14+/m0/s1. The van der Waals surface area contributed by atoms with E-state index in [2.05, 4.69) is 10.3 Å². The van der Waals surface area contributed by atoms with Crippen LogP contribution in [0.5, 0.6) is 0 Å². The van der Waals surface area contributed by atoms with Crippen LogP contribution >= 0.6 is 0 Å². The molecule has 0 spiro atoms. The van der Waals surface area contributed by atoms with E-state index in [9.17, 15) is 15.0 Å². The van der Waals surface area contributed by atoms with Crippen molar-refractivity contribution in [2.45, 2.75) is 19.1 Å². The Morgan fingerprint density at radius 1 is 1.42 bits per heavy atom. The van der Waals surface area contributed by atoms with Gasteiger partial charge in [0, 0.05) is 18.5 Å². The third kappa shape index (κ3) is 3.07. The van der Waals surface area contributed by atoms with Crippen LogP contribution < -0.4 is 5.32 Å². The van der Waals surface area contributed by atoms with Gasteiger partial charge in [-0.3, -0.25) is 9.78 Å². The number of aromatic nitrogens is 1. The second kappa shape index (κ2) is 5.77. The molecule has 0 radical (unpaired) electrons. The predicted octanol–water partition coefficient (Wildman–Crippen LogP) is 0.765. The summed E-state index contributed by atoms with van der Waals surface area (Å²) in [6, 6.07) is 8.34. The molecule has 0 fully saturated rings. The average Bonchev–Trinajstić information content (AvgIpc) is 2.43. The lowest BCUT2D eigenvalue weighted by Gasteiger charge is -2.22. The molecule has 2 aromatic rings. The van der Waals surface area contributed by atoms with Crippen molar-refractivity contribution in [3.8, 4) is 0 Å². The van der Waals surface area contributed by atoms with Crippen molar-refractivity contribution in [1.82, 2.24) is 10.3 Å². The van der Waals surface area contributed by atoms with Gasteiger partial charge in [-0.25, -0.2) is 0 Å². The Balaban J connectivity index is 2.29. The summed E-state index contributed by atoms with van der Waals surface area (Å²) in [5, 5.41) is 22.8. The zero-order valence-electron chi connectivity index (χ0n) is 10.6. The van der Waals surface area contributed by atoms with Crippen LogP contribution in [0.1, 0.15) is 18.6 Å². The molecule has 1 heterocycles. The van der Waals surface area contributed by atoms with Gasteiger partial charge in [-0.05, 0) is 23.8 Å². The number of pyridine rings is 1. The Hall–Kier alpha value is -1.98. The van der Waals surface area contributed by atoms with Crippen molar-refractivity contribution >= 4 is 16.8 Å². The number of fused-ring (bicyclic) bond motifs is 1. The van der Waals surface area contributed by atoms with Crippen molar-refractivity contribution < 1.29 is 15.0 Å². The van der Waals surface area contributed by atoms with E-state index in [0.29, 0.717) is 5.56 Å². The van der Waals surface area contributed by atoms with Crippen molar-refractivity contribution in [1.29, 1.82) is 0 Å². The Morgan fingerprint density at radius 2 is 2.21 bits per heavy atom. The molecule has 0 saturated carbocycles. The molecule has 0 saturated heterocycles. The van der Waals surface area contributed by atoms with Crippen LogP contribution in [0.3, 0.4) is 0 Å². The number of carbonyl (C=O) groups excluding carboxylic acids is 1. The first-order valence-corrected chi connectivity index (χ1v) is 6.02. The van der Waals surface area contributed by atoms with Crippen LogP contribution in [0.25, 0.3) is 10.9 Å². The van der Waals surface area contributed by atoms with Gasteiger partial charge in [-0.2, -0.15) is 0 Å². The molecule has 5 heteroatoms. The number of benzene rings is 1. The summed E-state index contributed by atoms with van der Waals surface area (Å²) in [5.74, 6) is -0.291. The molecular weight excluding hydrogens is 244 g/mol. The van der Waals surface area contributed by atoms with Gasteiger partial charge in [0.25, 0.3) is 0 Å². The highest BCUT2D eigenvalue weighted by atomic mass is 16.3. The second-order valence-corrected chi connectivity index (χ2v) is 4.39. The zero-order valence-corrected chi connectivity index (χ0v) is 10.6. The van der Waals surface area contributed by atoms with Gasteiger partial charge in [-0.1, -0.05) is 12.1 Å². The maximum absolute atomic E-state index is 11.0. The third-order valence-corrected chi connectivity index (χ3v) is 2.94. The van der Waals surface area contributed by atoms with Crippen LogP contribution in [-0.2, 0) is 4.79 Å². The van der Waals surface area contributed by atoms with Gasteiger partial charge in [0.15, 0.2) is 0 Å². The number of rotatable bonds is 4. The summed E-state index contributed by atoms with van der Waals surface area (Å²) in [6.07, 6.45) is 0.741. The molecule has 19 heavy (non-hydrogen) atoms. The Morgan fingerprint density at radius 3 is 2.89 bits per heavy atom. The fraction of sp³-hybridized carbons (Fsp3) is 0.286. The topological polar surface area (TPSA) is 82.5 Å². The molecule has 1 amide bonds. The zero-order chi connectivity index (χ0) is 13.8. The van der Waals surface area contributed by atoms with Gasteiger partial charge in [-0.15, -0.1) is 0 Å². The normalized spacial score (nSPS) is 14.1. The number of nitrogens with one attached hydrogen (secondary N) is 1. The van der Waals surface area contributed by atoms with E-state index in [1.165, 1.54) is 6.92 Å². The van der Waals surface area contributed by atoms with Crippen molar-refractivity contribution in [2.75, 3.05) is 6.61 Å². The van der Waals surface area contributed by atoms with Crippen molar-refractivity contribution in [3.05, 3.63) is 42.1 Å². The molecule has 3 N–H and O–H groups in total. The van der Waals surface area contributed by atoms with E-state index < -0.39 is 12.1 Å². The fourth-order valence-electron chi connectivity index (χ4n) is 2.00. The van der Waals surface area contributed by atoms with Gasteiger partial charge in [0.2, 0.25) is 5.91 Å². The highest BCUT2D eigenvalue weighted by Gasteiger charge is 2.21. The largest absolute Gasteiger partial charge is 0.394 e. The van der Waals surface area contributed by atoms with Crippen LogP contribution in [0.4, 0.5) is 0 Å². The van der Waals surface area contributed by atoms with E-state index in [-0.39, 0.29) is 12.5 Å². The van der Waals surface area contributed by atoms with E-state index in [1.807, 2.05) is 12.1 Å². The first-order valence-electron chi connectivity index (χ1n) is 6.02. The van der Waals surface area contributed by atoms with Crippen LogP contribution in [-0.4, -0.2) is 33.8 Å². The summed E-state index contributed by atoms with van der Waals surface area (Å²) < 4.78 is 0. The molecule has 2 rings (SSSR count). The molecule has 0 aliphatic rings. The molecule has 2 atom stereocenters. The molecule has 0 unspecified atom stereocenters. The fourth-order valence-corrected chi connectivity index (χ4v) is 2.00. The molecule has 1 aromatic carbocycles. The highest BCUT2D eigenvalue weighted by Crippen LogP contribution is 2.21. The van der Waals surface area contributed by atoms with Crippen LogP contribution in [0.2, 0.25) is 0 Å². The molecule has 5 nitrogen and oxygen atoms in total. The molecule has 1 aromatic heterocycles. The molecular formula is C14H16N2O3. The van der Waals surface area contributed by atoms with Gasteiger partial charge < -0.3 is 15.5 Å². The minimum Gasteiger partial charge on any atom is -0.394 e. The number of hydrogen-bond donors (Lipinski definition) is 3. The first-order chi connectivity index (χ1) is 9.11.